The first-order valence-corrected chi connectivity index (χ1v) is 15.8. The molecular formula is C34H40FeN4P2. The van der Waals surface area contributed by atoms with Crippen molar-refractivity contribution in [3.63, 3.8) is 0 Å². The molecule has 0 saturated carbocycles. The number of hydrogen-bond acceptors (Lipinski definition) is 4. The predicted molar refractivity (Wildman–Crippen MR) is 174 cm³/mol. The van der Waals surface area contributed by atoms with Crippen LogP contribution in [0.4, 0.5) is 0 Å². The van der Waals surface area contributed by atoms with E-state index in [1.165, 1.54) is 16.7 Å². The third-order valence-electron chi connectivity index (χ3n) is 6.85. The summed E-state index contributed by atoms with van der Waals surface area (Å²) in [6, 6.07) is 13.7. The van der Waals surface area contributed by atoms with Crippen LogP contribution in [0.15, 0.2) is 126 Å². The molecule has 0 spiro atoms. The third kappa shape index (κ3) is 8.06. The summed E-state index contributed by atoms with van der Waals surface area (Å²) in [5.41, 5.74) is 4.87. The van der Waals surface area contributed by atoms with Crippen LogP contribution in [0.1, 0.15) is 53.2 Å². The SMILES string of the molecule is CC(C)(C)P(CC1=CC(=C2C=CC=C[CH-]2)C=C1C(P)(c1ncccn1)c1ncccn1)C(C)(C)C.[Fe+2].c1cc[cH-]c1. The van der Waals surface area contributed by atoms with Gasteiger partial charge in [0.2, 0.25) is 0 Å². The van der Waals surface area contributed by atoms with Gasteiger partial charge in [0, 0.05) is 24.8 Å². The second-order valence-electron chi connectivity index (χ2n) is 11.9. The fourth-order valence-corrected chi connectivity index (χ4v) is 9.30. The van der Waals surface area contributed by atoms with E-state index in [2.05, 4.69) is 93.7 Å². The number of rotatable bonds is 5. The van der Waals surface area contributed by atoms with E-state index < -0.39 is 5.16 Å². The number of hydrogen-bond donors (Lipinski definition) is 0. The maximum absolute atomic E-state index is 4.70. The summed E-state index contributed by atoms with van der Waals surface area (Å²) in [5.74, 6) is 1.36. The second-order valence-corrected chi connectivity index (χ2v) is 16.6. The molecule has 0 bridgehead atoms. The Bertz CT molecular complexity index is 1340. The molecule has 0 N–H and O–H groups in total. The Morgan fingerprint density at radius 2 is 1.29 bits per heavy atom. The van der Waals surface area contributed by atoms with E-state index in [9.17, 15) is 0 Å². The van der Waals surface area contributed by atoms with E-state index >= 15 is 0 Å². The van der Waals surface area contributed by atoms with Crippen molar-refractivity contribution in [3.8, 4) is 0 Å². The minimum atomic E-state index is -0.762. The Morgan fingerprint density at radius 3 is 1.71 bits per heavy atom. The van der Waals surface area contributed by atoms with Crippen LogP contribution in [-0.4, -0.2) is 36.4 Å². The first-order chi connectivity index (χ1) is 19.0. The van der Waals surface area contributed by atoms with Crippen LogP contribution in [0.3, 0.4) is 0 Å². The quantitative estimate of drug-likeness (QED) is 0.163. The smallest absolute Gasteiger partial charge is 0.240 e. The molecule has 2 aliphatic rings. The summed E-state index contributed by atoms with van der Waals surface area (Å²) in [7, 11) is 2.66. The summed E-state index contributed by atoms with van der Waals surface area (Å²) in [6.07, 6.45) is 23.4. The van der Waals surface area contributed by atoms with Gasteiger partial charge in [0.25, 0.3) is 0 Å². The van der Waals surface area contributed by atoms with Crippen molar-refractivity contribution in [3.05, 3.63) is 144 Å². The van der Waals surface area contributed by atoms with Gasteiger partial charge in [-0.15, -0.1) is 45.5 Å². The van der Waals surface area contributed by atoms with Crippen molar-refractivity contribution in [2.75, 3.05) is 6.16 Å². The van der Waals surface area contributed by atoms with Gasteiger partial charge in [-0.3, -0.25) is 0 Å². The van der Waals surface area contributed by atoms with E-state index in [4.69, 9.17) is 19.9 Å². The zero-order chi connectivity index (χ0) is 28.8. The fraction of sp³-hybridized carbons (Fsp3) is 0.294. The Balaban J connectivity index is 0.000000696. The maximum atomic E-state index is 4.70. The molecule has 0 amide bonds. The molecule has 1 aromatic carbocycles. The fourth-order valence-electron chi connectivity index (χ4n) is 5.17. The molecule has 1 unspecified atom stereocenters. The molecule has 7 heteroatoms. The normalized spacial score (nSPS) is 16.8. The minimum Gasteiger partial charge on any atom is -0.240 e. The second kappa shape index (κ2) is 14.1. The van der Waals surface area contributed by atoms with Crippen LogP contribution in [0.25, 0.3) is 0 Å². The van der Waals surface area contributed by atoms with Gasteiger partial charge in [-0.05, 0) is 39.8 Å². The van der Waals surface area contributed by atoms with E-state index in [1.807, 2.05) is 42.5 Å². The van der Waals surface area contributed by atoms with Gasteiger partial charge in [-0.1, -0.05) is 67.2 Å². The molecule has 2 aliphatic carbocycles. The molecule has 0 aliphatic heterocycles. The van der Waals surface area contributed by atoms with Gasteiger partial charge >= 0.3 is 17.1 Å². The van der Waals surface area contributed by atoms with Gasteiger partial charge in [-0.2, -0.15) is 18.2 Å². The molecule has 2 heterocycles. The Hall–Kier alpha value is -2.54. The molecule has 0 radical (unpaired) electrons. The Morgan fingerprint density at radius 1 is 0.756 bits per heavy atom. The third-order valence-corrected chi connectivity index (χ3v) is 11.6. The van der Waals surface area contributed by atoms with Gasteiger partial charge in [0.05, 0.1) is 0 Å². The first-order valence-electron chi connectivity index (χ1n) is 13.6. The summed E-state index contributed by atoms with van der Waals surface area (Å²) in [6.45, 7) is 14.2. The average Bonchev–Trinajstić information content (AvgIpc) is 3.66. The first kappa shape index (κ1) is 33.0. The average molecular weight is 623 g/mol. The van der Waals surface area contributed by atoms with Crippen molar-refractivity contribution in [2.45, 2.75) is 57.0 Å². The van der Waals surface area contributed by atoms with Crippen LogP contribution < -0.4 is 0 Å². The van der Waals surface area contributed by atoms with Crippen molar-refractivity contribution in [1.29, 1.82) is 0 Å². The largest absolute Gasteiger partial charge is 2.00 e. The standard InChI is InChI=1S/C29H35N4P2.C5H5.Fe/c1-27(2,3)35(28(4,5)6)20-23-18-22(21-12-8-7-9-13-21)19-24(23)29(34,25-30-14-10-15-31-25)26-32-16-11-17-33-26;1-2-4-5-3-1;/h7-19H,20,34H2,1-6H3;1-5H;/q2*-1;+2. The van der Waals surface area contributed by atoms with Gasteiger partial charge in [0.15, 0.2) is 0 Å². The van der Waals surface area contributed by atoms with Crippen LogP contribution in [0, 0.1) is 6.42 Å². The molecular weight excluding hydrogens is 582 g/mol. The molecule has 5 rings (SSSR count). The molecule has 0 fully saturated rings. The molecule has 2 aromatic heterocycles. The summed E-state index contributed by atoms with van der Waals surface area (Å²) in [5, 5.41) is -0.363. The number of aromatic nitrogens is 4. The molecule has 1 atom stereocenters. The molecule has 41 heavy (non-hydrogen) atoms. The van der Waals surface area contributed by atoms with Crippen LogP contribution >= 0.6 is 17.2 Å². The van der Waals surface area contributed by atoms with Crippen molar-refractivity contribution >= 4 is 17.2 Å². The predicted octanol–water partition coefficient (Wildman–Crippen LogP) is 8.36. The van der Waals surface area contributed by atoms with Gasteiger partial charge in [0.1, 0.15) is 16.8 Å². The zero-order valence-electron chi connectivity index (χ0n) is 24.8. The number of nitrogens with zero attached hydrogens (tertiary/aromatic N) is 4. The molecule has 3 aromatic rings. The topological polar surface area (TPSA) is 51.6 Å². The molecule has 214 valence electrons. The summed E-state index contributed by atoms with van der Waals surface area (Å²) in [4.78, 5) is 18.8. The van der Waals surface area contributed by atoms with E-state index in [0.717, 1.165) is 11.7 Å². The van der Waals surface area contributed by atoms with Crippen LogP contribution in [0.2, 0.25) is 0 Å². The summed E-state index contributed by atoms with van der Waals surface area (Å²) >= 11 is 0. The van der Waals surface area contributed by atoms with Crippen molar-refractivity contribution in [2.24, 2.45) is 0 Å². The van der Waals surface area contributed by atoms with Crippen LogP contribution in [-0.2, 0) is 22.2 Å². The van der Waals surface area contributed by atoms with Gasteiger partial charge < -0.3 is 0 Å². The number of allylic oxidation sites excluding steroid dienone is 10. The van der Waals surface area contributed by atoms with Crippen LogP contribution in [0.5, 0.6) is 0 Å². The van der Waals surface area contributed by atoms with E-state index in [-0.39, 0.29) is 35.3 Å². The monoisotopic (exact) mass is 622 g/mol. The van der Waals surface area contributed by atoms with Crippen molar-refractivity contribution in [1.82, 2.24) is 19.9 Å². The maximum Gasteiger partial charge on any atom is 2.00 e. The van der Waals surface area contributed by atoms with Crippen molar-refractivity contribution < 1.29 is 17.1 Å². The molecule has 4 nitrogen and oxygen atoms in total. The minimum absolute atomic E-state index is 0. The molecule has 0 saturated heterocycles. The van der Waals surface area contributed by atoms with E-state index in [1.54, 1.807) is 24.8 Å². The Kier molecular flexibility index (Phi) is 11.3. The van der Waals surface area contributed by atoms with E-state index in [0.29, 0.717) is 11.6 Å². The zero-order valence-corrected chi connectivity index (χ0v) is 27.9. The van der Waals surface area contributed by atoms with Gasteiger partial charge in [-0.25, -0.2) is 32.1 Å². The summed E-state index contributed by atoms with van der Waals surface area (Å²) < 4.78 is 0. The Labute approximate surface area is 260 Å².